The molecule has 108 valence electrons. The Kier molecular flexibility index (Phi) is 4.12. The topological polar surface area (TPSA) is 87.7 Å². The summed E-state index contributed by atoms with van der Waals surface area (Å²) in [6.45, 7) is 0.151. The molecule has 6 heteroatoms. The summed E-state index contributed by atoms with van der Waals surface area (Å²) in [4.78, 5) is 22.9. The second kappa shape index (κ2) is 5.81. The highest BCUT2D eigenvalue weighted by molar-refractivity contribution is 5.90. The number of carbonyl (C=O) groups is 2. The maximum atomic E-state index is 11.8. The third-order valence-corrected chi connectivity index (χ3v) is 3.68. The summed E-state index contributed by atoms with van der Waals surface area (Å²) in [5.41, 5.74) is -0.189. The van der Waals surface area contributed by atoms with Crippen molar-refractivity contribution in [2.75, 3.05) is 19.0 Å². The molecule has 6 nitrogen and oxygen atoms in total. The number of hydrogen-bond donors (Lipinski definition) is 3. The largest absolute Gasteiger partial charge is 0.497 e. The quantitative estimate of drug-likeness (QED) is 0.769. The van der Waals surface area contributed by atoms with Gasteiger partial charge >= 0.3 is 12.0 Å². The lowest BCUT2D eigenvalue weighted by Gasteiger charge is -2.37. The summed E-state index contributed by atoms with van der Waals surface area (Å²) >= 11 is 0. The molecule has 1 aromatic carbocycles. The fraction of sp³-hybridized carbons (Fsp3) is 0.429. The lowest BCUT2D eigenvalue weighted by Crippen LogP contribution is -2.48. The molecule has 2 rings (SSSR count). The summed E-state index contributed by atoms with van der Waals surface area (Å²) < 4.78 is 5.06. The number of carboxylic acids is 1. The summed E-state index contributed by atoms with van der Waals surface area (Å²) in [5.74, 6) is -0.200. The maximum absolute atomic E-state index is 11.8. The Morgan fingerprint density at radius 2 is 2.15 bits per heavy atom. The Hall–Kier alpha value is -2.24. The van der Waals surface area contributed by atoms with Crippen molar-refractivity contribution < 1.29 is 19.4 Å². The summed E-state index contributed by atoms with van der Waals surface area (Å²) in [6, 6.07) is 6.55. The van der Waals surface area contributed by atoms with Crippen LogP contribution in [0.25, 0.3) is 0 Å². The number of nitrogens with one attached hydrogen (secondary N) is 2. The fourth-order valence-corrected chi connectivity index (χ4v) is 2.20. The van der Waals surface area contributed by atoms with Crippen molar-refractivity contribution in [3.8, 4) is 5.75 Å². The van der Waals surface area contributed by atoms with E-state index >= 15 is 0 Å². The fourth-order valence-electron chi connectivity index (χ4n) is 2.20. The maximum Gasteiger partial charge on any atom is 0.319 e. The van der Waals surface area contributed by atoms with Crippen LogP contribution in [0.3, 0.4) is 0 Å². The third kappa shape index (κ3) is 3.01. The van der Waals surface area contributed by atoms with E-state index in [1.54, 1.807) is 31.4 Å². The van der Waals surface area contributed by atoms with Crippen LogP contribution in [0.2, 0.25) is 0 Å². The van der Waals surface area contributed by atoms with Gasteiger partial charge in [-0.2, -0.15) is 0 Å². The van der Waals surface area contributed by atoms with Crippen molar-refractivity contribution in [2.45, 2.75) is 19.3 Å². The van der Waals surface area contributed by atoms with E-state index in [4.69, 9.17) is 9.84 Å². The zero-order valence-electron chi connectivity index (χ0n) is 11.3. The number of urea groups is 1. The first-order valence-electron chi connectivity index (χ1n) is 6.48. The number of methoxy groups -OCH3 is 1. The number of hydrogen-bond acceptors (Lipinski definition) is 3. The molecule has 1 aliphatic rings. The molecule has 0 aliphatic heterocycles. The number of ether oxygens (including phenoxy) is 1. The van der Waals surface area contributed by atoms with Crippen LogP contribution in [0, 0.1) is 5.41 Å². The molecule has 0 heterocycles. The van der Waals surface area contributed by atoms with Crippen LogP contribution in [0.4, 0.5) is 10.5 Å². The molecule has 3 N–H and O–H groups in total. The molecule has 0 unspecified atom stereocenters. The molecule has 1 fully saturated rings. The number of rotatable bonds is 5. The summed E-state index contributed by atoms with van der Waals surface area (Å²) in [6.07, 6.45) is 2.12. The van der Waals surface area contributed by atoms with Crippen LogP contribution < -0.4 is 15.4 Å². The van der Waals surface area contributed by atoms with Crippen molar-refractivity contribution in [3.05, 3.63) is 24.3 Å². The van der Waals surface area contributed by atoms with Gasteiger partial charge in [0.15, 0.2) is 0 Å². The Morgan fingerprint density at radius 1 is 1.40 bits per heavy atom. The number of amides is 2. The molecular weight excluding hydrogens is 260 g/mol. The first-order chi connectivity index (χ1) is 9.55. The summed E-state index contributed by atoms with van der Waals surface area (Å²) in [5, 5.41) is 14.4. The zero-order chi connectivity index (χ0) is 14.6. The van der Waals surface area contributed by atoms with Gasteiger partial charge in [-0.05, 0) is 25.0 Å². The summed E-state index contributed by atoms with van der Waals surface area (Å²) in [7, 11) is 1.55. The Morgan fingerprint density at radius 3 is 2.70 bits per heavy atom. The lowest BCUT2D eigenvalue weighted by atomic mass is 9.69. The van der Waals surface area contributed by atoms with Crippen LogP contribution in [0.1, 0.15) is 19.3 Å². The SMILES string of the molecule is COc1cccc(NC(=O)NCC2(C(=O)O)CCC2)c1. The van der Waals surface area contributed by atoms with Crippen LogP contribution in [-0.2, 0) is 4.79 Å². The molecule has 0 aromatic heterocycles. The minimum absolute atomic E-state index is 0.151. The predicted octanol–water partition coefficient (Wildman–Crippen LogP) is 2.07. The van der Waals surface area contributed by atoms with Gasteiger partial charge in [-0.3, -0.25) is 4.79 Å². The Bertz CT molecular complexity index is 512. The Labute approximate surface area is 117 Å². The van der Waals surface area contributed by atoms with E-state index in [1.165, 1.54) is 0 Å². The highest BCUT2D eigenvalue weighted by Gasteiger charge is 2.44. The number of benzene rings is 1. The van der Waals surface area contributed by atoms with Gasteiger partial charge < -0.3 is 20.5 Å². The van der Waals surface area contributed by atoms with Gasteiger partial charge in [-0.1, -0.05) is 12.5 Å². The van der Waals surface area contributed by atoms with Crippen LogP contribution in [0.15, 0.2) is 24.3 Å². The van der Waals surface area contributed by atoms with Gasteiger partial charge in [0, 0.05) is 18.3 Å². The molecule has 0 bridgehead atoms. The minimum Gasteiger partial charge on any atom is -0.497 e. The van der Waals surface area contributed by atoms with Gasteiger partial charge in [0.2, 0.25) is 0 Å². The van der Waals surface area contributed by atoms with Gasteiger partial charge in [0.05, 0.1) is 12.5 Å². The van der Waals surface area contributed by atoms with E-state index in [9.17, 15) is 9.59 Å². The van der Waals surface area contributed by atoms with Gasteiger partial charge in [0.25, 0.3) is 0 Å². The smallest absolute Gasteiger partial charge is 0.319 e. The van der Waals surface area contributed by atoms with E-state index in [0.29, 0.717) is 24.3 Å². The number of anilines is 1. The lowest BCUT2D eigenvalue weighted by molar-refractivity contribution is -0.153. The highest BCUT2D eigenvalue weighted by atomic mass is 16.5. The molecular formula is C14H18N2O4. The molecule has 1 saturated carbocycles. The van der Waals surface area contributed by atoms with Crippen molar-refractivity contribution >= 4 is 17.7 Å². The molecule has 0 atom stereocenters. The van der Waals surface area contributed by atoms with E-state index in [-0.39, 0.29) is 6.54 Å². The number of carboxylic acid groups (broad SMARTS) is 1. The molecule has 0 spiro atoms. The van der Waals surface area contributed by atoms with E-state index < -0.39 is 17.4 Å². The van der Waals surface area contributed by atoms with Crippen molar-refractivity contribution in [1.82, 2.24) is 5.32 Å². The van der Waals surface area contributed by atoms with Gasteiger partial charge in [-0.15, -0.1) is 0 Å². The highest BCUT2D eigenvalue weighted by Crippen LogP contribution is 2.40. The van der Waals surface area contributed by atoms with E-state index in [0.717, 1.165) is 6.42 Å². The van der Waals surface area contributed by atoms with Crippen molar-refractivity contribution in [3.63, 3.8) is 0 Å². The van der Waals surface area contributed by atoms with E-state index in [2.05, 4.69) is 10.6 Å². The normalized spacial score (nSPS) is 15.8. The minimum atomic E-state index is -0.842. The number of aliphatic carboxylic acids is 1. The van der Waals surface area contributed by atoms with Crippen molar-refractivity contribution in [1.29, 1.82) is 0 Å². The molecule has 1 aromatic rings. The average Bonchev–Trinajstić information content (AvgIpc) is 2.37. The van der Waals surface area contributed by atoms with Crippen LogP contribution >= 0.6 is 0 Å². The van der Waals surface area contributed by atoms with Gasteiger partial charge in [-0.25, -0.2) is 4.79 Å². The Balaban J connectivity index is 1.87. The number of carbonyl (C=O) groups excluding carboxylic acids is 1. The van der Waals surface area contributed by atoms with Crippen LogP contribution in [0.5, 0.6) is 5.75 Å². The standard InChI is InChI=1S/C14H18N2O4/c1-20-11-5-2-4-10(8-11)16-13(19)15-9-14(12(17)18)6-3-7-14/h2,4-5,8H,3,6-7,9H2,1H3,(H,17,18)(H2,15,16,19). The molecule has 0 saturated heterocycles. The van der Waals surface area contributed by atoms with Gasteiger partial charge in [0.1, 0.15) is 5.75 Å². The van der Waals surface area contributed by atoms with E-state index in [1.807, 2.05) is 0 Å². The molecule has 2 amide bonds. The monoisotopic (exact) mass is 278 g/mol. The predicted molar refractivity (Wildman–Crippen MR) is 73.9 cm³/mol. The van der Waals surface area contributed by atoms with Crippen LogP contribution in [-0.4, -0.2) is 30.8 Å². The third-order valence-electron chi connectivity index (χ3n) is 3.68. The second-order valence-corrected chi connectivity index (χ2v) is 4.98. The van der Waals surface area contributed by atoms with Crippen molar-refractivity contribution in [2.24, 2.45) is 5.41 Å². The molecule has 0 radical (unpaired) electrons. The molecule has 1 aliphatic carbocycles. The molecule has 20 heavy (non-hydrogen) atoms. The second-order valence-electron chi connectivity index (χ2n) is 4.98. The first-order valence-corrected chi connectivity index (χ1v) is 6.48. The zero-order valence-corrected chi connectivity index (χ0v) is 11.3. The average molecular weight is 278 g/mol. The first kappa shape index (κ1) is 14.2.